The van der Waals surface area contributed by atoms with Crippen molar-refractivity contribution in [1.29, 1.82) is 0 Å². The standard InChI is InChI=1S/C10H13NOS/c1-10(4-2-3-5-10)9-11-6-8(7-12)13-9/h6-7H,2-5H2,1H3. The number of thiazole rings is 1. The van der Waals surface area contributed by atoms with E-state index in [0.717, 1.165) is 16.2 Å². The maximum absolute atomic E-state index is 10.5. The molecule has 2 rings (SSSR count). The zero-order valence-electron chi connectivity index (χ0n) is 7.75. The highest BCUT2D eigenvalue weighted by Gasteiger charge is 2.33. The molecule has 0 N–H and O–H groups in total. The highest BCUT2D eigenvalue weighted by atomic mass is 32.1. The molecular formula is C10H13NOS. The molecule has 70 valence electrons. The lowest BCUT2D eigenvalue weighted by Gasteiger charge is -2.19. The van der Waals surface area contributed by atoms with Crippen LogP contribution in [0.2, 0.25) is 0 Å². The maximum Gasteiger partial charge on any atom is 0.161 e. The van der Waals surface area contributed by atoms with Gasteiger partial charge in [-0.2, -0.15) is 0 Å². The van der Waals surface area contributed by atoms with E-state index in [9.17, 15) is 4.79 Å². The van der Waals surface area contributed by atoms with Crippen LogP contribution in [0.15, 0.2) is 6.20 Å². The van der Waals surface area contributed by atoms with Gasteiger partial charge in [0.25, 0.3) is 0 Å². The molecule has 0 bridgehead atoms. The summed E-state index contributed by atoms with van der Waals surface area (Å²) in [5, 5.41) is 1.15. The smallest absolute Gasteiger partial charge is 0.161 e. The number of aromatic nitrogens is 1. The van der Waals surface area contributed by atoms with Crippen LogP contribution < -0.4 is 0 Å². The topological polar surface area (TPSA) is 30.0 Å². The van der Waals surface area contributed by atoms with Crippen molar-refractivity contribution in [3.8, 4) is 0 Å². The van der Waals surface area contributed by atoms with Crippen molar-refractivity contribution in [2.75, 3.05) is 0 Å². The Hall–Kier alpha value is -0.700. The Balaban J connectivity index is 2.28. The first-order chi connectivity index (χ1) is 6.24. The maximum atomic E-state index is 10.5. The molecular weight excluding hydrogens is 182 g/mol. The lowest BCUT2D eigenvalue weighted by atomic mass is 9.90. The van der Waals surface area contributed by atoms with Gasteiger partial charge in [-0.1, -0.05) is 19.8 Å². The number of aldehydes is 1. The molecule has 0 radical (unpaired) electrons. The summed E-state index contributed by atoms with van der Waals surface area (Å²) in [6, 6.07) is 0. The van der Waals surface area contributed by atoms with Crippen LogP contribution in [0.1, 0.15) is 47.3 Å². The van der Waals surface area contributed by atoms with Crippen LogP contribution in [0.4, 0.5) is 0 Å². The van der Waals surface area contributed by atoms with Gasteiger partial charge in [0.2, 0.25) is 0 Å². The highest BCUT2D eigenvalue weighted by Crippen LogP contribution is 2.41. The van der Waals surface area contributed by atoms with Crippen LogP contribution >= 0.6 is 11.3 Å². The van der Waals surface area contributed by atoms with E-state index in [4.69, 9.17) is 0 Å². The van der Waals surface area contributed by atoms with Crippen LogP contribution in [0.25, 0.3) is 0 Å². The van der Waals surface area contributed by atoms with Crippen LogP contribution in [0, 0.1) is 0 Å². The van der Waals surface area contributed by atoms with E-state index in [0.29, 0.717) is 0 Å². The summed E-state index contributed by atoms with van der Waals surface area (Å²) in [5.74, 6) is 0. The zero-order valence-corrected chi connectivity index (χ0v) is 8.56. The number of rotatable bonds is 2. The summed E-state index contributed by atoms with van der Waals surface area (Å²) in [6.07, 6.45) is 7.62. The molecule has 0 amide bonds. The van der Waals surface area contributed by atoms with E-state index in [2.05, 4.69) is 11.9 Å². The molecule has 0 aliphatic heterocycles. The summed E-state index contributed by atoms with van der Waals surface area (Å²) in [6.45, 7) is 2.26. The Kier molecular flexibility index (Phi) is 2.20. The first-order valence-corrected chi connectivity index (χ1v) is 5.48. The molecule has 1 fully saturated rings. The van der Waals surface area contributed by atoms with Crippen LogP contribution in [-0.4, -0.2) is 11.3 Å². The SMILES string of the molecule is CC1(c2ncc(C=O)s2)CCCC1. The third-order valence-electron chi connectivity index (χ3n) is 2.86. The summed E-state index contributed by atoms with van der Waals surface area (Å²) in [4.78, 5) is 15.6. The number of nitrogens with zero attached hydrogens (tertiary/aromatic N) is 1. The molecule has 1 aromatic heterocycles. The molecule has 1 heterocycles. The van der Waals surface area contributed by atoms with E-state index in [1.54, 1.807) is 17.5 Å². The molecule has 1 aromatic rings. The van der Waals surface area contributed by atoms with E-state index in [1.807, 2.05) is 0 Å². The third-order valence-corrected chi connectivity index (χ3v) is 4.09. The van der Waals surface area contributed by atoms with Crippen molar-refractivity contribution in [3.05, 3.63) is 16.1 Å². The van der Waals surface area contributed by atoms with Gasteiger partial charge < -0.3 is 0 Å². The highest BCUT2D eigenvalue weighted by molar-refractivity contribution is 7.13. The second-order valence-corrected chi connectivity index (χ2v) is 5.02. The van der Waals surface area contributed by atoms with Crippen LogP contribution in [-0.2, 0) is 5.41 Å². The summed E-state index contributed by atoms with van der Waals surface area (Å²) in [5.41, 5.74) is 0.256. The average molecular weight is 195 g/mol. The third kappa shape index (κ3) is 1.53. The van der Waals surface area contributed by atoms with Gasteiger partial charge in [-0.25, -0.2) is 4.98 Å². The number of hydrogen-bond donors (Lipinski definition) is 0. The average Bonchev–Trinajstić information content (AvgIpc) is 2.72. The Labute approximate surface area is 82.0 Å². The molecule has 0 unspecified atom stereocenters. The minimum absolute atomic E-state index is 0.256. The van der Waals surface area contributed by atoms with Crippen LogP contribution in [0.3, 0.4) is 0 Å². The molecule has 0 spiro atoms. The van der Waals surface area contributed by atoms with Gasteiger partial charge in [0.15, 0.2) is 6.29 Å². The molecule has 2 nitrogen and oxygen atoms in total. The van der Waals surface area contributed by atoms with E-state index in [-0.39, 0.29) is 5.41 Å². The normalized spacial score (nSPS) is 20.4. The first-order valence-electron chi connectivity index (χ1n) is 4.66. The van der Waals surface area contributed by atoms with E-state index < -0.39 is 0 Å². The lowest BCUT2D eigenvalue weighted by molar-refractivity contribution is 0.112. The Morgan fingerprint density at radius 3 is 2.77 bits per heavy atom. The second-order valence-electron chi connectivity index (χ2n) is 3.95. The van der Waals surface area contributed by atoms with Gasteiger partial charge in [-0.15, -0.1) is 11.3 Å². The van der Waals surface area contributed by atoms with Gasteiger partial charge in [0, 0.05) is 11.6 Å². The monoisotopic (exact) mass is 195 g/mol. The molecule has 0 atom stereocenters. The quantitative estimate of drug-likeness (QED) is 0.679. The largest absolute Gasteiger partial charge is 0.297 e. The number of carbonyl (C=O) groups is 1. The zero-order chi connectivity index (χ0) is 9.31. The lowest BCUT2D eigenvalue weighted by Crippen LogP contribution is -2.15. The van der Waals surface area contributed by atoms with E-state index >= 15 is 0 Å². The van der Waals surface area contributed by atoms with E-state index in [1.165, 1.54) is 25.7 Å². The predicted molar refractivity (Wildman–Crippen MR) is 53.3 cm³/mol. The minimum Gasteiger partial charge on any atom is -0.297 e. The van der Waals surface area contributed by atoms with Gasteiger partial charge in [-0.05, 0) is 12.8 Å². The Bertz CT molecular complexity index is 312. The van der Waals surface area contributed by atoms with Crippen molar-refractivity contribution < 1.29 is 4.79 Å². The Morgan fingerprint density at radius 2 is 2.23 bits per heavy atom. The summed E-state index contributed by atoms with van der Waals surface area (Å²) in [7, 11) is 0. The molecule has 13 heavy (non-hydrogen) atoms. The van der Waals surface area contributed by atoms with Gasteiger partial charge >= 0.3 is 0 Å². The summed E-state index contributed by atoms with van der Waals surface area (Å²) < 4.78 is 0. The molecule has 1 aliphatic carbocycles. The first kappa shape index (κ1) is 8.88. The van der Waals surface area contributed by atoms with Crippen molar-refractivity contribution >= 4 is 17.6 Å². The van der Waals surface area contributed by atoms with Crippen molar-refractivity contribution in [1.82, 2.24) is 4.98 Å². The molecule has 0 aromatic carbocycles. The van der Waals surface area contributed by atoms with Crippen molar-refractivity contribution in [2.45, 2.75) is 38.0 Å². The molecule has 1 aliphatic rings. The number of carbonyl (C=O) groups excluding carboxylic acids is 1. The van der Waals surface area contributed by atoms with Gasteiger partial charge in [-0.3, -0.25) is 4.79 Å². The fourth-order valence-electron chi connectivity index (χ4n) is 1.99. The van der Waals surface area contributed by atoms with Crippen molar-refractivity contribution in [2.24, 2.45) is 0 Å². The fourth-order valence-corrected chi connectivity index (χ4v) is 2.92. The van der Waals surface area contributed by atoms with Gasteiger partial charge in [0.1, 0.15) is 0 Å². The fraction of sp³-hybridized carbons (Fsp3) is 0.600. The second kappa shape index (κ2) is 3.22. The van der Waals surface area contributed by atoms with Gasteiger partial charge in [0.05, 0.1) is 9.88 Å². The Morgan fingerprint density at radius 1 is 1.54 bits per heavy atom. The van der Waals surface area contributed by atoms with Crippen LogP contribution in [0.5, 0.6) is 0 Å². The minimum atomic E-state index is 0.256. The van der Waals surface area contributed by atoms with Crippen molar-refractivity contribution in [3.63, 3.8) is 0 Å². The molecule has 3 heteroatoms. The predicted octanol–water partition coefficient (Wildman–Crippen LogP) is 2.79. The molecule has 1 saturated carbocycles. The summed E-state index contributed by atoms with van der Waals surface area (Å²) >= 11 is 1.55. The molecule has 0 saturated heterocycles. The number of hydrogen-bond acceptors (Lipinski definition) is 3.